The Labute approximate surface area is 130 Å². The average Bonchev–Trinajstić information content (AvgIpc) is 2.81. The second kappa shape index (κ2) is 5.85. The number of aryl methyl sites for hydroxylation is 1. The van der Waals surface area contributed by atoms with Crippen molar-refractivity contribution in [3.63, 3.8) is 0 Å². The highest BCUT2D eigenvalue weighted by Gasteiger charge is 2.10. The molecule has 0 unspecified atom stereocenters. The van der Waals surface area contributed by atoms with Crippen molar-refractivity contribution in [2.45, 2.75) is 13.3 Å². The number of hydrogen-bond donors (Lipinski definition) is 0. The van der Waals surface area contributed by atoms with Crippen LogP contribution < -0.4 is 0 Å². The number of nitrogens with zero attached hydrogens (tertiary/aromatic N) is 2. The molecule has 3 rings (SSSR count). The molecule has 100 valence electrons. The van der Waals surface area contributed by atoms with Gasteiger partial charge in [0.05, 0.1) is 10.7 Å². The van der Waals surface area contributed by atoms with Crippen LogP contribution in [0.5, 0.6) is 0 Å². The molecule has 0 amide bonds. The van der Waals surface area contributed by atoms with Crippen LogP contribution in [0.1, 0.15) is 15.4 Å². The van der Waals surface area contributed by atoms with E-state index in [-0.39, 0.29) is 0 Å². The maximum atomic E-state index is 4.79. The van der Waals surface area contributed by atoms with Gasteiger partial charge in [0.1, 0.15) is 0 Å². The summed E-state index contributed by atoms with van der Waals surface area (Å²) in [6, 6.07) is 12.4. The first-order valence-electron chi connectivity index (χ1n) is 6.33. The van der Waals surface area contributed by atoms with E-state index in [1.54, 1.807) is 11.3 Å². The summed E-state index contributed by atoms with van der Waals surface area (Å²) in [5.74, 6) is 0. The fourth-order valence-electron chi connectivity index (χ4n) is 2.11. The molecule has 0 aliphatic heterocycles. The second-order valence-electron chi connectivity index (χ2n) is 4.55. The highest BCUT2D eigenvalue weighted by molar-refractivity contribution is 9.10. The third-order valence-corrected chi connectivity index (χ3v) is 4.51. The van der Waals surface area contributed by atoms with E-state index in [9.17, 15) is 0 Å². The van der Waals surface area contributed by atoms with Crippen molar-refractivity contribution in [3.8, 4) is 11.3 Å². The van der Waals surface area contributed by atoms with Gasteiger partial charge in [0.15, 0.2) is 0 Å². The van der Waals surface area contributed by atoms with Gasteiger partial charge in [-0.2, -0.15) is 0 Å². The molecule has 0 bridgehead atoms. The van der Waals surface area contributed by atoms with E-state index in [1.807, 2.05) is 36.7 Å². The lowest BCUT2D eigenvalue weighted by atomic mass is 10.1. The van der Waals surface area contributed by atoms with Crippen molar-refractivity contribution in [2.24, 2.45) is 0 Å². The zero-order valence-electron chi connectivity index (χ0n) is 11.0. The zero-order chi connectivity index (χ0) is 13.9. The molecule has 0 spiro atoms. The zero-order valence-corrected chi connectivity index (χ0v) is 13.4. The van der Waals surface area contributed by atoms with E-state index in [2.05, 4.69) is 40.0 Å². The van der Waals surface area contributed by atoms with Gasteiger partial charge in [0.2, 0.25) is 0 Å². The van der Waals surface area contributed by atoms with Crippen LogP contribution in [0.2, 0.25) is 0 Å². The molecule has 4 heteroatoms. The Hall–Kier alpha value is -1.52. The maximum absolute atomic E-state index is 4.79. The van der Waals surface area contributed by atoms with Crippen molar-refractivity contribution in [1.82, 2.24) is 9.97 Å². The van der Waals surface area contributed by atoms with Gasteiger partial charge in [-0.05, 0) is 36.8 Å². The lowest BCUT2D eigenvalue weighted by molar-refractivity contribution is 1.12. The topological polar surface area (TPSA) is 25.8 Å². The van der Waals surface area contributed by atoms with Crippen LogP contribution in [0.3, 0.4) is 0 Å². The van der Waals surface area contributed by atoms with Crippen LogP contribution in [-0.4, -0.2) is 9.97 Å². The second-order valence-corrected chi connectivity index (χ2v) is 6.76. The Kier molecular flexibility index (Phi) is 3.94. The van der Waals surface area contributed by atoms with Gasteiger partial charge in [-0.25, -0.2) is 4.98 Å². The minimum absolute atomic E-state index is 0.863. The van der Waals surface area contributed by atoms with Gasteiger partial charge < -0.3 is 0 Å². The lowest BCUT2D eigenvalue weighted by Gasteiger charge is -1.99. The van der Waals surface area contributed by atoms with Gasteiger partial charge in [-0.15, -0.1) is 11.3 Å². The Bertz CT molecular complexity index is 722. The molecule has 0 N–H and O–H groups in total. The summed E-state index contributed by atoms with van der Waals surface area (Å²) in [7, 11) is 0. The number of halogens is 1. The van der Waals surface area contributed by atoms with Crippen molar-refractivity contribution in [1.29, 1.82) is 0 Å². The Balaban J connectivity index is 1.91. The predicted molar refractivity (Wildman–Crippen MR) is 87.0 cm³/mol. The standard InChI is InChI=1S/C16H13BrN2S/c1-11-16(13-3-2-4-14(17)10-13)19-15(20-11)9-12-5-7-18-8-6-12/h2-8,10H,9H2,1H3. The molecular formula is C16H13BrN2S. The van der Waals surface area contributed by atoms with Gasteiger partial charge in [-0.1, -0.05) is 28.1 Å². The number of hydrogen-bond acceptors (Lipinski definition) is 3. The van der Waals surface area contributed by atoms with E-state index < -0.39 is 0 Å². The first-order chi connectivity index (χ1) is 9.72. The van der Waals surface area contributed by atoms with Gasteiger partial charge >= 0.3 is 0 Å². The number of pyridine rings is 1. The first-order valence-corrected chi connectivity index (χ1v) is 7.94. The van der Waals surface area contributed by atoms with Crippen LogP contribution in [0, 0.1) is 6.92 Å². The van der Waals surface area contributed by atoms with Crippen molar-refractivity contribution < 1.29 is 0 Å². The molecule has 0 radical (unpaired) electrons. The summed E-state index contributed by atoms with van der Waals surface area (Å²) in [4.78, 5) is 10.1. The molecular weight excluding hydrogens is 332 g/mol. The van der Waals surface area contributed by atoms with Gasteiger partial charge in [0, 0.05) is 33.7 Å². The van der Waals surface area contributed by atoms with E-state index in [4.69, 9.17) is 4.98 Å². The van der Waals surface area contributed by atoms with Crippen LogP contribution in [0.15, 0.2) is 53.3 Å². The lowest BCUT2D eigenvalue weighted by Crippen LogP contribution is -1.88. The van der Waals surface area contributed by atoms with E-state index in [0.29, 0.717) is 0 Å². The summed E-state index contributed by atoms with van der Waals surface area (Å²) in [6.45, 7) is 2.13. The average molecular weight is 345 g/mol. The summed E-state index contributed by atoms with van der Waals surface area (Å²) in [5.41, 5.74) is 3.49. The first kappa shape index (κ1) is 13.5. The van der Waals surface area contributed by atoms with Crippen molar-refractivity contribution in [3.05, 3.63) is 68.7 Å². The Morgan fingerprint density at radius 2 is 1.95 bits per heavy atom. The molecule has 0 aliphatic carbocycles. The normalized spacial score (nSPS) is 10.7. The monoisotopic (exact) mass is 344 g/mol. The molecule has 2 nitrogen and oxygen atoms in total. The van der Waals surface area contributed by atoms with Crippen LogP contribution in [0.25, 0.3) is 11.3 Å². The van der Waals surface area contributed by atoms with Crippen molar-refractivity contribution >= 4 is 27.3 Å². The minimum atomic E-state index is 0.863. The van der Waals surface area contributed by atoms with Gasteiger partial charge in [0.25, 0.3) is 0 Å². The molecule has 3 aromatic rings. The molecule has 2 heterocycles. The molecule has 0 saturated carbocycles. The number of rotatable bonds is 3. The quantitative estimate of drug-likeness (QED) is 0.677. The highest BCUT2D eigenvalue weighted by Crippen LogP contribution is 2.30. The SMILES string of the molecule is Cc1sc(Cc2ccncc2)nc1-c1cccc(Br)c1. The molecule has 20 heavy (non-hydrogen) atoms. The summed E-state index contributed by atoms with van der Waals surface area (Å²) < 4.78 is 1.08. The molecule has 2 aromatic heterocycles. The third kappa shape index (κ3) is 2.97. The van der Waals surface area contributed by atoms with Crippen molar-refractivity contribution in [2.75, 3.05) is 0 Å². The summed E-state index contributed by atoms with van der Waals surface area (Å²) in [6.07, 6.45) is 4.51. The van der Waals surface area contributed by atoms with Crippen LogP contribution >= 0.6 is 27.3 Å². The highest BCUT2D eigenvalue weighted by atomic mass is 79.9. The fourth-order valence-corrected chi connectivity index (χ4v) is 3.49. The minimum Gasteiger partial charge on any atom is -0.265 e. The van der Waals surface area contributed by atoms with Gasteiger partial charge in [-0.3, -0.25) is 4.98 Å². The molecule has 0 fully saturated rings. The Morgan fingerprint density at radius 1 is 1.15 bits per heavy atom. The summed E-state index contributed by atoms with van der Waals surface area (Å²) >= 11 is 5.28. The largest absolute Gasteiger partial charge is 0.265 e. The molecule has 0 aliphatic rings. The molecule has 0 atom stereocenters. The number of thiazole rings is 1. The van der Waals surface area contributed by atoms with E-state index in [1.165, 1.54) is 10.4 Å². The third-order valence-electron chi connectivity index (χ3n) is 3.04. The smallest absolute Gasteiger partial charge is 0.0979 e. The summed E-state index contributed by atoms with van der Waals surface area (Å²) in [5, 5.41) is 1.14. The number of aromatic nitrogens is 2. The maximum Gasteiger partial charge on any atom is 0.0979 e. The molecule has 0 saturated heterocycles. The Morgan fingerprint density at radius 3 is 2.70 bits per heavy atom. The van der Waals surface area contributed by atoms with Crippen LogP contribution in [0.4, 0.5) is 0 Å². The molecule has 1 aromatic carbocycles. The van der Waals surface area contributed by atoms with E-state index >= 15 is 0 Å². The predicted octanol–water partition coefficient (Wildman–Crippen LogP) is 4.87. The number of benzene rings is 1. The van der Waals surface area contributed by atoms with E-state index in [0.717, 1.165) is 27.2 Å². The van der Waals surface area contributed by atoms with Crippen LogP contribution in [-0.2, 0) is 6.42 Å². The fraction of sp³-hybridized carbons (Fsp3) is 0.125.